The molecule has 0 unspecified atom stereocenters. The van der Waals surface area contributed by atoms with Gasteiger partial charge in [0.05, 0.1) is 14.2 Å². The van der Waals surface area contributed by atoms with Crippen molar-refractivity contribution in [2.75, 3.05) is 38.5 Å². The van der Waals surface area contributed by atoms with Crippen molar-refractivity contribution in [3.63, 3.8) is 0 Å². The van der Waals surface area contributed by atoms with E-state index in [1.807, 2.05) is 99.6 Å². The Kier molecular flexibility index (Phi) is 7.88. The van der Waals surface area contributed by atoms with Crippen LogP contribution in [0.2, 0.25) is 0 Å². The Bertz CT molecular complexity index is 1540. The SMILES string of the molecule is COc1ccc([C@H]2CC(=O)C3=C(C2)NC(C)=C(C(=O)Nc2ccc(C)cc2)[C@@H]3c2ccc(N(C)C)cc2)cc1OC. The van der Waals surface area contributed by atoms with Gasteiger partial charge in [-0.15, -0.1) is 0 Å². The summed E-state index contributed by atoms with van der Waals surface area (Å²) in [5, 5.41) is 6.53. The summed E-state index contributed by atoms with van der Waals surface area (Å²) < 4.78 is 10.9. The molecule has 5 rings (SSSR count). The number of Topliss-reactive ketones (excluding diaryl/α,β-unsaturated/α-hetero) is 1. The first kappa shape index (κ1) is 28.0. The van der Waals surface area contributed by atoms with Crippen molar-refractivity contribution in [1.29, 1.82) is 0 Å². The van der Waals surface area contributed by atoms with Crippen LogP contribution in [-0.4, -0.2) is 40.0 Å². The number of ether oxygens (including phenoxy) is 2. The fourth-order valence-electron chi connectivity index (χ4n) is 5.82. The second kappa shape index (κ2) is 11.5. The van der Waals surface area contributed by atoms with Gasteiger partial charge in [-0.2, -0.15) is 0 Å². The van der Waals surface area contributed by atoms with E-state index >= 15 is 0 Å². The molecule has 2 aliphatic rings. The molecule has 7 nitrogen and oxygen atoms in total. The van der Waals surface area contributed by atoms with Crippen LogP contribution >= 0.6 is 0 Å². The summed E-state index contributed by atoms with van der Waals surface area (Å²) in [7, 11) is 7.20. The number of nitrogens with one attached hydrogen (secondary N) is 2. The van der Waals surface area contributed by atoms with E-state index in [0.29, 0.717) is 41.2 Å². The summed E-state index contributed by atoms with van der Waals surface area (Å²) in [4.78, 5) is 29.9. The molecular weight excluding hydrogens is 514 g/mol. The zero-order valence-corrected chi connectivity index (χ0v) is 24.5. The number of hydrogen-bond donors (Lipinski definition) is 2. The molecular formula is C34H37N3O4. The first-order chi connectivity index (χ1) is 19.7. The molecule has 3 aromatic rings. The van der Waals surface area contributed by atoms with Crippen molar-refractivity contribution in [2.45, 2.75) is 38.5 Å². The normalized spacial score (nSPS) is 18.4. The van der Waals surface area contributed by atoms with Crippen molar-refractivity contribution < 1.29 is 19.1 Å². The van der Waals surface area contributed by atoms with Crippen LogP contribution < -0.4 is 25.0 Å². The van der Waals surface area contributed by atoms with Crippen molar-refractivity contribution in [3.05, 3.63) is 106 Å². The second-order valence-corrected chi connectivity index (χ2v) is 10.9. The van der Waals surface area contributed by atoms with E-state index in [1.54, 1.807) is 14.2 Å². The van der Waals surface area contributed by atoms with Crippen molar-refractivity contribution in [2.24, 2.45) is 0 Å². The third-order valence-corrected chi connectivity index (χ3v) is 8.00. The lowest BCUT2D eigenvalue weighted by Gasteiger charge is -2.37. The summed E-state index contributed by atoms with van der Waals surface area (Å²) in [5.41, 5.74) is 7.64. The van der Waals surface area contributed by atoms with Crippen LogP contribution in [0.5, 0.6) is 11.5 Å². The number of rotatable bonds is 7. The highest BCUT2D eigenvalue weighted by molar-refractivity contribution is 6.10. The Morgan fingerprint density at radius 1 is 0.878 bits per heavy atom. The number of hydrogen-bond acceptors (Lipinski definition) is 6. The highest BCUT2D eigenvalue weighted by atomic mass is 16.5. The van der Waals surface area contributed by atoms with Gasteiger partial charge in [-0.05, 0) is 73.7 Å². The van der Waals surface area contributed by atoms with Crippen molar-refractivity contribution in [3.8, 4) is 11.5 Å². The van der Waals surface area contributed by atoms with Crippen LogP contribution in [0, 0.1) is 6.92 Å². The lowest BCUT2D eigenvalue weighted by molar-refractivity contribution is -0.116. The smallest absolute Gasteiger partial charge is 0.254 e. The Hall–Kier alpha value is -4.52. The predicted octanol–water partition coefficient (Wildman–Crippen LogP) is 6.08. The lowest BCUT2D eigenvalue weighted by atomic mass is 9.71. The van der Waals surface area contributed by atoms with Gasteiger partial charge < -0.3 is 25.0 Å². The molecule has 1 aliphatic carbocycles. The molecule has 0 radical (unpaired) electrons. The Morgan fingerprint density at radius 3 is 2.17 bits per heavy atom. The van der Waals surface area contributed by atoms with Crippen molar-refractivity contribution in [1.82, 2.24) is 5.32 Å². The second-order valence-electron chi connectivity index (χ2n) is 10.9. The van der Waals surface area contributed by atoms with E-state index in [0.717, 1.165) is 33.8 Å². The van der Waals surface area contributed by atoms with E-state index in [-0.39, 0.29) is 17.6 Å². The minimum atomic E-state index is -0.480. The van der Waals surface area contributed by atoms with Gasteiger partial charge in [0.15, 0.2) is 17.3 Å². The quantitative estimate of drug-likeness (QED) is 0.371. The number of anilines is 2. The molecule has 0 saturated heterocycles. The average Bonchev–Trinajstić information content (AvgIpc) is 2.97. The van der Waals surface area contributed by atoms with E-state index < -0.39 is 5.92 Å². The first-order valence-corrected chi connectivity index (χ1v) is 13.8. The largest absolute Gasteiger partial charge is 0.493 e. The first-order valence-electron chi connectivity index (χ1n) is 13.8. The topological polar surface area (TPSA) is 79.9 Å². The number of aryl methyl sites for hydroxylation is 1. The molecule has 0 spiro atoms. The Morgan fingerprint density at radius 2 is 1.54 bits per heavy atom. The van der Waals surface area contributed by atoms with Gasteiger partial charge in [-0.25, -0.2) is 0 Å². The number of dihydropyridines is 1. The molecule has 1 heterocycles. The number of amides is 1. The fraction of sp³-hybridized carbons (Fsp3) is 0.294. The molecule has 1 aliphatic heterocycles. The number of allylic oxidation sites excluding steroid dienone is 3. The minimum Gasteiger partial charge on any atom is -0.493 e. The standard InChI is InChI=1S/C34H37N3O4/c1-20-7-12-25(13-8-20)36-34(39)31-21(2)35-27-17-24(23-11-16-29(40-5)30(19-23)41-6)18-28(38)33(27)32(31)22-9-14-26(15-10-22)37(3)4/h7-16,19,24,32,35H,17-18H2,1-6H3,(H,36,39)/t24-,32+/m1/s1. The van der Waals surface area contributed by atoms with Crippen molar-refractivity contribution >= 4 is 23.1 Å². The molecule has 41 heavy (non-hydrogen) atoms. The number of carbonyl (C=O) groups is 2. The van der Waals surface area contributed by atoms with Crippen LogP contribution in [0.4, 0.5) is 11.4 Å². The maximum absolute atomic E-state index is 14.0. The molecule has 212 valence electrons. The van der Waals surface area contributed by atoms with E-state index in [9.17, 15) is 9.59 Å². The minimum absolute atomic E-state index is 0.0268. The van der Waals surface area contributed by atoms with Crippen LogP contribution in [-0.2, 0) is 9.59 Å². The van der Waals surface area contributed by atoms with E-state index in [1.165, 1.54) is 0 Å². The highest BCUT2D eigenvalue weighted by Crippen LogP contribution is 2.46. The molecule has 3 aromatic carbocycles. The number of ketones is 1. The predicted molar refractivity (Wildman–Crippen MR) is 163 cm³/mol. The number of nitrogens with zero attached hydrogens (tertiary/aromatic N) is 1. The summed E-state index contributed by atoms with van der Waals surface area (Å²) in [6.45, 7) is 3.92. The molecule has 2 N–H and O–H groups in total. The number of benzene rings is 3. The maximum Gasteiger partial charge on any atom is 0.254 e. The Labute approximate surface area is 241 Å². The van der Waals surface area contributed by atoms with Crippen LogP contribution in [0.3, 0.4) is 0 Å². The zero-order chi connectivity index (χ0) is 29.3. The van der Waals surface area contributed by atoms with E-state index in [4.69, 9.17) is 9.47 Å². The fourth-order valence-corrected chi connectivity index (χ4v) is 5.82. The number of methoxy groups -OCH3 is 2. The molecule has 0 bridgehead atoms. The number of carbonyl (C=O) groups excluding carboxylic acids is 2. The molecule has 0 saturated carbocycles. The van der Waals surface area contributed by atoms with Gasteiger partial charge in [0, 0.05) is 60.3 Å². The third kappa shape index (κ3) is 5.57. The molecule has 2 atom stereocenters. The monoisotopic (exact) mass is 551 g/mol. The molecule has 7 heteroatoms. The maximum atomic E-state index is 14.0. The van der Waals surface area contributed by atoms with Gasteiger partial charge in [0.25, 0.3) is 5.91 Å². The van der Waals surface area contributed by atoms with Crippen LogP contribution in [0.1, 0.15) is 48.3 Å². The summed E-state index contributed by atoms with van der Waals surface area (Å²) >= 11 is 0. The van der Waals surface area contributed by atoms with Gasteiger partial charge >= 0.3 is 0 Å². The lowest BCUT2D eigenvalue weighted by Crippen LogP contribution is -2.37. The summed E-state index contributed by atoms with van der Waals surface area (Å²) in [6.07, 6.45) is 0.987. The van der Waals surface area contributed by atoms with Gasteiger partial charge in [0.2, 0.25) is 0 Å². The van der Waals surface area contributed by atoms with Crippen LogP contribution in [0.25, 0.3) is 0 Å². The summed E-state index contributed by atoms with van der Waals surface area (Å²) in [6, 6.07) is 21.6. The summed E-state index contributed by atoms with van der Waals surface area (Å²) in [5.74, 6) is 0.597. The van der Waals surface area contributed by atoms with Crippen LogP contribution in [0.15, 0.2) is 89.3 Å². The van der Waals surface area contributed by atoms with Gasteiger partial charge in [-0.3, -0.25) is 9.59 Å². The zero-order valence-electron chi connectivity index (χ0n) is 24.5. The molecule has 0 fully saturated rings. The van der Waals surface area contributed by atoms with Gasteiger partial charge in [0.1, 0.15) is 0 Å². The molecule has 1 amide bonds. The van der Waals surface area contributed by atoms with E-state index in [2.05, 4.69) is 10.6 Å². The molecule has 0 aromatic heterocycles. The highest BCUT2D eigenvalue weighted by Gasteiger charge is 2.41. The third-order valence-electron chi connectivity index (χ3n) is 8.00. The van der Waals surface area contributed by atoms with Gasteiger partial charge in [-0.1, -0.05) is 35.9 Å². The Balaban J connectivity index is 1.54. The average molecular weight is 552 g/mol.